The highest BCUT2D eigenvalue weighted by atomic mass is 32.1. The number of benzene rings is 1. The Balaban J connectivity index is 1.84. The molecular formula is C25H35N5S. The number of aliphatic imine (C=N–C) groups is 1. The number of likely N-dealkylation sites (N-methyl/N-ethyl adjacent to an activating group) is 1. The van der Waals surface area contributed by atoms with E-state index in [1.165, 1.54) is 19.3 Å². The third-order valence-electron chi connectivity index (χ3n) is 6.98. The molecular weight excluding hydrogens is 402 g/mol. The number of piperazine rings is 1. The van der Waals surface area contributed by atoms with Crippen LogP contribution in [0.25, 0.3) is 0 Å². The maximum Gasteiger partial charge on any atom is 0.127 e. The van der Waals surface area contributed by atoms with Gasteiger partial charge in [-0.1, -0.05) is 31.5 Å². The van der Waals surface area contributed by atoms with E-state index in [-0.39, 0.29) is 17.0 Å². The van der Waals surface area contributed by atoms with E-state index in [1.807, 2.05) is 24.3 Å². The molecule has 5 nitrogen and oxygen atoms in total. The van der Waals surface area contributed by atoms with Crippen LogP contribution >= 0.6 is 12.2 Å². The highest BCUT2D eigenvalue weighted by Gasteiger charge is 2.57. The first-order valence-corrected chi connectivity index (χ1v) is 12.0. The Morgan fingerprint density at radius 3 is 2.19 bits per heavy atom. The van der Waals surface area contributed by atoms with Crippen LogP contribution in [0.15, 0.2) is 29.3 Å². The van der Waals surface area contributed by atoms with E-state index in [0.717, 1.165) is 55.5 Å². The molecule has 4 rings (SSSR count). The van der Waals surface area contributed by atoms with Crippen molar-refractivity contribution >= 4 is 28.7 Å². The summed E-state index contributed by atoms with van der Waals surface area (Å²) in [6, 6.07) is 10.3. The number of thiocarbonyl (C=S) groups is 1. The number of hydrogen-bond acceptors (Lipinski definition) is 5. The van der Waals surface area contributed by atoms with Crippen LogP contribution in [-0.2, 0) is 0 Å². The molecule has 1 atom stereocenters. The summed E-state index contributed by atoms with van der Waals surface area (Å²) in [7, 11) is 2.21. The van der Waals surface area contributed by atoms with E-state index >= 15 is 0 Å². The van der Waals surface area contributed by atoms with Gasteiger partial charge in [0.2, 0.25) is 0 Å². The minimum absolute atomic E-state index is 0.0263. The van der Waals surface area contributed by atoms with Gasteiger partial charge in [-0.3, -0.25) is 14.8 Å². The maximum atomic E-state index is 9.26. The predicted molar refractivity (Wildman–Crippen MR) is 132 cm³/mol. The van der Waals surface area contributed by atoms with Crippen LogP contribution in [0, 0.1) is 16.7 Å². The zero-order valence-electron chi connectivity index (χ0n) is 19.4. The molecule has 0 bridgehead atoms. The number of hydrogen-bond donors (Lipinski definition) is 0. The average molecular weight is 438 g/mol. The first-order chi connectivity index (χ1) is 14.7. The molecule has 6 heteroatoms. The average Bonchev–Trinajstić information content (AvgIpc) is 2.95. The number of amidine groups is 1. The van der Waals surface area contributed by atoms with Crippen LogP contribution in [0.3, 0.4) is 0 Å². The summed E-state index contributed by atoms with van der Waals surface area (Å²) in [6.45, 7) is 10.8. The van der Waals surface area contributed by atoms with E-state index in [4.69, 9.17) is 17.2 Å². The molecule has 1 aromatic rings. The van der Waals surface area contributed by atoms with E-state index in [9.17, 15) is 5.26 Å². The van der Waals surface area contributed by atoms with Gasteiger partial charge in [-0.05, 0) is 64.9 Å². The largest absolute Gasteiger partial charge is 0.304 e. The van der Waals surface area contributed by atoms with E-state index < -0.39 is 0 Å². The Hall–Kier alpha value is -1.81. The number of nitriles is 1. The fourth-order valence-electron chi connectivity index (χ4n) is 5.47. The van der Waals surface area contributed by atoms with Crippen molar-refractivity contribution in [2.45, 2.75) is 64.5 Å². The van der Waals surface area contributed by atoms with Crippen LogP contribution in [0.2, 0.25) is 0 Å². The molecule has 1 aliphatic carbocycles. The molecule has 3 aliphatic rings. The van der Waals surface area contributed by atoms with Gasteiger partial charge in [0.1, 0.15) is 5.84 Å². The molecule has 3 fully saturated rings. The standard InChI is InChI=1S/C25H35N5S/c1-24(2,3)27-22-21(29-16-14-28(4)15-17-29)25(12-6-5-7-13-25)23(31)30(22)20-10-8-19(18-26)9-11-20/h8-11,21H,5-7,12-17H2,1-4H3/t21-/m1/s1. The predicted octanol–water partition coefficient (Wildman–Crippen LogP) is 4.47. The molecule has 2 saturated heterocycles. The molecule has 0 aromatic heterocycles. The molecule has 0 amide bonds. The first kappa shape index (κ1) is 22.4. The molecule has 1 saturated carbocycles. The fourth-order valence-corrected chi connectivity index (χ4v) is 5.98. The Morgan fingerprint density at radius 1 is 1.03 bits per heavy atom. The van der Waals surface area contributed by atoms with Crippen LogP contribution in [0.4, 0.5) is 5.69 Å². The molecule has 2 heterocycles. The second-order valence-corrected chi connectivity index (χ2v) is 10.8. The van der Waals surface area contributed by atoms with Crippen molar-refractivity contribution in [1.82, 2.24) is 9.80 Å². The molecule has 166 valence electrons. The molecule has 0 unspecified atom stereocenters. The topological polar surface area (TPSA) is 45.9 Å². The SMILES string of the molecule is CN1CCN([C@@H]2C(=NC(C)(C)C)N(c3ccc(C#N)cc3)C(=S)C23CCCCC3)CC1. The summed E-state index contributed by atoms with van der Waals surface area (Å²) >= 11 is 6.29. The number of nitrogens with zero attached hydrogens (tertiary/aromatic N) is 5. The molecule has 31 heavy (non-hydrogen) atoms. The van der Waals surface area contributed by atoms with Crippen molar-refractivity contribution in [3.05, 3.63) is 29.8 Å². The third kappa shape index (κ3) is 4.28. The summed E-state index contributed by atoms with van der Waals surface area (Å²) < 4.78 is 0. The van der Waals surface area contributed by atoms with Gasteiger partial charge in [-0.15, -0.1) is 0 Å². The Kier molecular flexibility index (Phi) is 6.22. The van der Waals surface area contributed by atoms with Crippen molar-refractivity contribution in [1.29, 1.82) is 5.26 Å². The zero-order chi connectivity index (χ0) is 22.2. The minimum Gasteiger partial charge on any atom is -0.304 e. The van der Waals surface area contributed by atoms with E-state index in [0.29, 0.717) is 5.56 Å². The Labute approximate surface area is 192 Å². The minimum atomic E-state index is -0.194. The van der Waals surface area contributed by atoms with Gasteiger partial charge in [0, 0.05) is 37.3 Å². The van der Waals surface area contributed by atoms with Gasteiger partial charge in [-0.2, -0.15) is 5.26 Å². The lowest BCUT2D eigenvalue weighted by Crippen LogP contribution is -2.57. The van der Waals surface area contributed by atoms with Crippen LogP contribution in [0.1, 0.15) is 58.4 Å². The van der Waals surface area contributed by atoms with Gasteiger partial charge < -0.3 is 4.90 Å². The van der Waals surface area contributed by atoms with Crippen molar-refractivity contribution in [2.75, 3.05) is 38.1 Å². The van der Waals surface area contributed by atoms with Crippen molar-refractivity contribution in [3.8, 4) is 6.07 Å². The number of rotatable bonds is 2. The lowest BCUT2D eigenvalue weighted by atomic mass is 9.69. The summed E-state index contributed by atoms with van der Waals surface area (Å²) in [6.07, 6.45) is 6.03. The van der Waals surface area contributed by atoms with Crippen LogP contribution in [0.5, 0.6) is 0 Å². The molecule has 0 N–H and O–H groups in total. The van der Waals surface area contributed by atoms with Crippen molar-refractivity contribution in [3.63, 3.8) is 0 Å². The Bertz CT molecular complexity index is 878. The highest BCUT2D eigenvalue weighted by molar-refractivity contribution is 7.80. The first-order valence-electron chi connectivity index (χ1n) is 11.6. The van der Waals surface area contributed by atoms with Crippen molar-refractivity contribution in [2.24, 2.45) is 10.4 Å². The van der Waals surface area contributed by atoms with E-state index in [1.54, 1.807) is 0 Å². The summed E-state index contributed by atoms with van der Waals surface area (Å²) in [4.78, 5) is 13.7. The molecule has 0 radical (unpaired) electrons. The van der Waals surface area contributed by atoms with Gasteiger partial charge in [-0.25, -0.2) is 0 Å². The second-order valence-electron chi connectivity index (χ2n) is 10.4. The smallest absolute Gasteiger partial charge is 0.127 e. The number of anilines is 1. The summed E-state index contributed by atoms with van der Waals surface area (Å²) in [5.74, 6) is 1.11. The van der Waals surface area contributed by atoms with Gasteiger partial charge in [0.05, 0.1) is 28.2 Å². The van der Waals surface area contributed by atoms with Gasteiger partial charge >= 0.3 is 0 Å². The van der Waals surface area contributed by atoms with Crippen molar-refractivity contribution < 1.29 is 0 Å². The highest BCUT2D eigenvalue weighted by Crippen LogP contribution is 2.50. The summed E-state index contributed by atoms with van der Waals surface area (Å²) in [5.41, 5.74) is 1.49. The lowest BCUT2D eigenvalue weighted by molar-refractivity contribution is 0.0818. The fraction of sp³-hybridized carbons (Fsp3) is 0.640. The molecule has 2 aliphatic heterocycles. The molecule has 1 spiro atoms. The second kappa shape index (κ2) is 8.61. The normalized spacial score (nSPS) is 26.5. The quantitative estimate of drug-likeness (QED) is 0.639. The lowest BCUT2D eigenvalue weighted by Gasteiger charge is -2.45. The van der Waals surface area contributed by atoms with E-state index in [2.05, 4.69) is 48.6 Å². The Morgan fingerprint density at radius 2 is 1.65 bits per heavy atom. The zero-order valence-corrected chi connectivity index (χ0v) is 20.2. The van der Waals surface area contributed by atoms with Crippen LogP contribution in [-0.4, -0.2) is 65.4 Å². The van der Waals surface area contributed by atoms with Crippen LogP contribution < -0.4 is 4.90 Å². The van der Waals surface area contributed by atoms with Gasteiger partial charge in [0.15, 0.2) is 0 Å². The molecule has 1 aromatic carbocycles. The van der Waals surface area contributed by atoms with Gasteiger partial charge in [0.25, 0.3) is 0 Å². The maximum absolute atomic E-state index is 9.26. The summed E-state index contributed by atoms with van der Waals surface area (Å²) in [5, 5.41) is 9.26. The monoisotopic (exact) mass is 437 g/mol. The third-order valence-corrected chi connectivity index (χ3v) is 7.57.